The second-order valence-electron chi connectivity index (χ2n) is 6.06. The molecular weight excluding hydrogens is 250 g/mol. The molecule has 2 atom stereocenters. The Hall–Kier alpha value is -1.35. The molecule has 0 N–H and O–H groups in total. The van der Waals surface area contributed by atoms with Gasteiger partial charge in [0.05, 0.1) is 12.5 Å². The normalized spacial score (nSPS) is 29.4. The minimum absolute atomic E-state index is 0.0411. The van der Waals surface area contributed by atoms with Crippen LogP contribution in [0.2, 0.25) is 0 Å². The molecule has 1 aliphatic carbocycles. The first-order valence-electron chi connectivity index (χ1n) is 7.71. The van der Waals surface area contributed by atoms with E-state index in [1.807, 2.05) is 6.92 Å². The molecule has 0 amide bonds. The fourth-order valence-corrected chi connectivity index (χ4v) is 3.91. The zero-order valence-electron chi connectivity index (χ0n) is 12.1. The molecule has 2 bridgehead atoms. The zero-order chi connectivity index (χ0) is 13.9. The van der Waals surface area contributed by atoms with Gasteiger partial charge in [0.1, 0.15) is 0 Å². The van der Waals surface area contributed by atoms with Crippen molar-refractivity contribution in [3.05, 3.63) is 35.9 Å². The van der Waals surface area contributed by atoms with Gasteiger partial charge < -0.3 is 4.74 Å². The molecule has 3 heteroatoms. The third-order valence-electron chi connectivity index (χ3n) is 4.72. The first kappa shape index (κ1) is 13.6. The van der Waals surface area contributed by atoms with Gasteiger partial charge in [-0.15, -0.1) is 0 Å². The Labute approximate surface area is 120 Å². The maximum Gasteiger partial charge on any atom is 0.309 e. The largest absolute Gasteiger partial charge is 0.466 e. The summed E-state index contributed by atoms with van der Waals surface area (Å²) in [5, 5.41) is 0. The minimum Gasteiger partial charge on any atom is -0.466 e. The van der Waals surface area contributed by atoms with Crippen LogP contribution in [-0.2, 0) is 16.1 Å². The second kappa shape index (κ2) is 5.96. The number of hydrogen-bond donors (Lipinski definition) is 0. The number of carbonyl (C=O) groups is 1. The van der Waals surface area contributed by atoms with Gasteiger partial charge in [-0.25, -0.2) is 0 Å². The lowest BCUT2D eigenvalue weighted by molar-refractivity contribution is -0.153. The first-order chi connectivity index (χ1) is 9.78. The van der Waals surface area contributed by atoms with Gasteiger partial charge in [-0.05, 0) is 37.2 Å². The molecule has 1 saturated heterocycles. The van der Waals surface area contributed by atoms with Gasteiger partial charge in [-0.3, -0.25) is 9.69 Å². The molecule has 2 unspecified atom stereocenters. The van der Waals surface area contributed by atoms with Crippen molar-refractivity contribution in [2.45, 2.75) is 26.3 Å². The highest BCUT2D eigenvalue weighted by atomic mass is 16.5. The molecule has 3 nitrogen and oxygen atoms in total. The Balaban J connectivity index is 1.63. The maximum atomic E-state index is 12.1. The first-order valence-corrected chi connectivity index (χ1v) is 7.71. The van der Waals surface area contributed by atoms with Gasteiger partial charge in [0.25, 0.3) is 0 Å². The van der Waals surface area contributed by atoms with E-state index < -0.39 is 0 Å². The average molecular weight is 273 g/mol. The van der Waals surface area contributed by atoms with Crippen LogP contribution in [0.1, 0.15) is 25.3 Å². The van der Waals surface area contributed by atoms with Crippen molar-refractivity contribution < 1.29 is 9.53 Å². The predicted molar refractivity (Wildman–Crippen MR) is 78.1 cm³/mol. The Morgan fingerprint density at radius 2 is 1.85 bits per heavy atom. The second-order valence-corrected chi connectivity index (χ2v) is 6.06. The van der Waals surface area contributed by atoms with Crippen LogP contribution in [0.5, 0.6) is 0 Å². The highest BCUT2D eigenvalue weighted by molar-refractivity contribution is 5.73. The van der Waals surface area contributed by atoms with Crippen LogP contribution in [0.15, 0.2) is 30.3 Å². The van der Waals surface area contributed by atoms with Crippen molar-refractivity contribution in [1.29, 1.82) is 0 Å². The molecule has 0 radical (unpaired) electrons. The van der Waals surface area contributed by atoms with Crippen molar-refractivity contribution in [2.75, 3.05) is 19.7 Å². The lowest BCUT2D eigenvalue weighted by atomic mass is 9.85. The molecular formula is C17H23NO2. The summed E-state index contributed by atoms with van der Waals surface area (Å²) in [7, 11) is 0. The number of esters is 1. The zero-order valence-corrected chi connectivity index (χ0v) is 12.1. The van der Waals surface area contributed by atoms with Gasteiger partial charge in [0.2, 0.25) is 0 Å². The quantitative estimate of drug-likeness (QED) is 0.790. The molecule has 20 heavy (non-hydrogen) atoms. The molecule has 1 saturated carbocycles. The fraction of sp³-hybridized carbons (Fsp3) is 0.588. The van der Waals surface area contributed by atoms with Crippen molar-refractivity contribution in [2.24, 2.45) is 17.8 Å². The van der Waals surface area contributed by atoms with Crippen LogP contribution in [0.25, 0.3) is 0 Å². The third-order valence-corrected chi connectivity index (χ3v) is 4.72. The van der Waals surface area contributed by atoms with Crippen LogP contribution < -0.4 is 0 Å². The summed E-state index contributed by atoms with van der Waals surface area (Å²) in [5.41, 5.74) is 1.36. The van der Waals surface area contributed by atoms with Crippen molar-refractivity contribution >= 4 is 5.97 Å². The molecule has 0 spiro atoms. The molecule has 3 rings (SSSR count). The van der Waals surface area contributed by atoms with Crippen molar-refractivity contribution in [1.82, 2.24) is 4.90 Å². The SMILES string of the molecule is CCOC(=O)C1C2CCC1CN(Cc1ccccc1)C2. The van der Waals surface area contributed by atoms with Gasteiger partial charge in [-0.1, -0.05) is 30.3 Å². The number of likely N-dealkylation sites (tertiary alicyclic amines) is 1. The Bertz CT molecular complexity index is 445. The number of nitrogens with zero attached hydrogens (tertiary/aromatic N) is 1. The average Bonchev–Trinajstić information content (AvgIpc) is 2.72. The number of benzene rings is 1. The molecule has 2 fully saturated rings. The molecule has 1 aromatic rings. The van der Waals surface area contributed by atoms with Crippen molar-refractivity contribution in [3.63, 3.8) is 0 Å². The van der Waals surface area contributed by atoms with Gasteiger partial charge >= 0.3 is 5.97 Å². The molecule has 108 valence electrons. The van der Waals surface area contributed by atoms with Gasteiger partial charge in [0, 0.05) is 19.6 Å². The predicted octanol–water partition coefficient (Wildman–Crippen LogP) is 2.71. The fourth-order valence-electron chi connectivity index (χ4n) is 3.91. The number of fused-ring (bicyclic) bond motifs is 2. The van der Waals surface area contributed by atoms with E-state index in [9.17, 15) is 4.79 Å². The molecule has 1 aromatic carbocycles. The molecule has 1 heterocycles. The van der Waals surface area contributed by atoms with Gasteiger partial charge in [0.15, 0.2) is 0 Å². The van der Waals surface area contributed by atoms with E-state index in [0.717, 1.165) is 19.6 Å². The number of ether oxygens (including phenoxy) is 1. The van der Waals surface area contributed by atoms with Gasteiger partial charge in [-0.2, -0.15) is 0 Å². The lowest BCUT2D eigenvalue weighted by Gasteiger charge is -2.36. The van der Waals surface area contributed by atoms with Crippen LogP contribution in [0.4, 0.5) is 0 Å². The topological polar surface area (TPSA) is 29.5 Å². The van der Waals surface area contributed by atoms with Crippen LogP contribution in [-0.4, -0.2) is 30.6 Å². The van der Waals surface area contributed by atoms with E-state index in [1.54, 1.807) is 0 Å². The highest BCUT2D eigenvalue weighted by Crippen LogP contribution is 2.42. The third kappa shape index (κ3) is 2.73. The summed E-state index contributed by atoms with van der Waals surface area (Å²) in [4.78, 5) is 14.6. The summed E-state index contributed by atoms with van der Waals surface area (Å²) in [6.07, 6.45) is 2.36. The molecule has 2 aliphatic rings. The Morgan fingerprint density at radius 1 is 1.20 bits per heavy atom. The Kier molecular flexibility index (Phi) is 4.06. The summed E-state index contributed by atoms with van der Waals surface area (Å²) in [6, 6.07) is 10.6. The summed E-state index contributed by atoms with van der Waals surface area (Å²) >= 11 is 0. The maximum absolute atomic E-state index is 12.1. The molecule has 1 aliphatic heterocycles. The lowest BCUT2D eigenvalue weighted by Crippen LogP contribution is -2.44. The van der Waals surface area contributed by atoms with E-state index in [2.05, 4.69) is 35.2 Å². The summed E-state index contributed by atoms with van der Waals surface area (Å²) in [5.74, 6) is 1.19. The van der Waals surface area contributed by atoms with E-state index in [-0.39, 0.29) is 11.9 Å². The summed E-state index contributed by atoms with van der Waals surface area (Å²) < 4.78 is 5.26. The monoisotopic (exact) mass is 273 g/mol. The number of piperidine rings is 1. The van der Waals surface area contributed by atoms with Crippen LogP contribution >= 0.6 is 0 Å². The van der Waals surface area contributed by atoms with Crippen LogP contribution in [0, 0.1) is 17.8 Å². The highest BCUT2D eigenvalue weighted by Gasteiger charge is 2.46. The standard InChI is InChI=1S/C17H23NO2/c1-2-20-17(19)16-14-8-9-15(16)12-18(11-14)10-13-6-4-3-5-7-13/h3-7,14-16H,2,8-12H2,1H3. The number of rotatable bonds is 4. The number of hydrogen-bond acceptors (Lipinski definition) is 3. The molecule has 0 aromatic heterocycles. The van der Waals surface area contributed by atoms with Crippen molar-refractivity contribution in [3.8, 4) is 0 Å². The summed E-state index contributed by atoms with van der Waals surface area (Å²) in [6.45, 7) is 5.47. The van der Waals surface area contributed by atoms with E-state index >= 15 is 0 Å². The number of carbonyl (C=O) groups excluding carboxylic acids is 1. The smallest absolute Gasteiger partial charge is 0.309 e. The van der Waals surface area contributed by atoms with Crippen LogP contribution in [0.3, 0.4) is 0 Å². The van der Waals surface area contributed by atoms with E-state index in [1.165, 1.54) is 18.4 Å². The van der Waals surface area contributed by atoms with E-state index in [0.29, 0.717) is 18.4 Å². The minimum atomic E-state index is 0.0411. The van der Waals surface area contributed by atoms with E-state index in [4.69, 9.17) is 4.74 Å². The Morgan fingerprint density at radius 3 is 2.45 bits per heavy atom.